The second-order valence-corrected chi connectivity index (χ2v) is 6.30. The number of carboxylic acid groups (broad SMARTS) is 1. The molecular formula is C16H27ClN2O3S. The predicted octanol–water partition coefficient (Wildman–Crippen LogP) is 3.70. The van der Waals surface area contributed by atoms with E-state index in [1.54, 1.807) is 10.3 Å². The Bertz CT molecular complexity index is 519. The van der Waals surface area contributed by atoms with Crippen LogP contribution in [0.25, 0.3) is 0 Å². The Kier molecular flexibility index (Phi) is 10.1. The highest BCUT2D eigenvalue weighted by atomic mass is 35.5. The van der Waals surface area contributed by atoms with Crippen molar-refractivity contribution in [2.75, 3.05) is 18.0 Å². The van der Waals surface area contributed by atoms with Crippen LogP contribution in [0.2, 0.25) is 0 Å². The van der Waals surface area contributed by atoms with Crippen molar-refractivity contribution >= 4 is 41.3 Å². The molecule has 0 bridgehead atoms. The third kappa shape index (κ3) is 5.79. The summed E-state index contributed by atoms with van der Waals surface area (Å²) in [5, 5.41) is 14.4. The molecule has 0 aliphatic rings. The lowest BCUT2D eigenvalue weighted by Crippen LogP contribution is -2.46. The first-order valence-electron chi connectivity index (χ1n) is 7.80. The number of hydrogen-bond donors (Lipinski definition) is 2. The molecule has 23 heavy (non-hydrogen) atoms. The molecule has 132 valence electrons. The standard InChI is InChI=1S/C16H26N2O3S.ClH/c1-5-7-9-18(15(19)12(4)17-8-6-2)13-11(3)10-22-14(13)16(20)21;/h10,12,17H,5-9H2,1-4H3,(H,20,21);1H. The van der Waals surface area contributed by atoms with Crippen molar-refractivity contribution in [2.24, 2.45) is 0 Å². The lowest BCUT2D eigenvalue weighted by Gasteiger charge is -2.27. The van der Waals surface area contributed by atoms with Crippen LogP contribution in [0.1, 0.15) is 55.3 Å². The van der Waals surface area contributed by atoms with Gasteiger partial charge in [0.2, 0.25) is 5.91 Å². The molecule has 1 amide bonds. The number of nitrogens with one attached hydrogen (secondary N) is 1. The van der Waals surface area contributed by atoms with E-state index < -0.39 is 5.97 Å². The van der Waals surface area contributed by atoms with Crippen LogP contribution < -0.4 is 10.2 Å². The van der Waals surface area contributed by atoms with Crippen molar-refractivity contribution in [3.8, 4) is 0 Å². The van der Waals surface area contributed by atoms with E-state index in [-0.39, 0.29) is 29.2 Å². The van der Waals surface area contributed by atoms with Crippen molar-refractivity contribution in [3.63, 3.8) is 0 Å². The van der Waals surface area contributed by atoms with Crippen molar-refractivity contribution in [3.05, 3.63) is 15.8 Å². The maximum absolute atomic E-state index is 12.8. The molecule has 1 aromatic heterocycles. The Morgan fingerprint density at radius 1 is 1.35 bits per heavy atom. The molecule has 1 heterocycles. The normalized spacial score (nSPS) is 11.7. The highest BCUT2D eigenvalue weighted by molar-refractivity contribution is 7.12. The maximum atomic E-state index is 12.8. The number of aromatic carboxylic acids is 1. The van der Waals surface area contributed by atoms with E-state index in [4.69, 9.17) is 0 Å². The van der Waals surface area contributed by atoms with Crippen molar-refractivity contribution in [1.82, 2.24) is 5.32 Å². The number of amides is 1. The van der Waals surface area contributed by atoms with Gasteiger partial charge in [-0.05, 0) is 44.2 Å². The number of carboxylic acids is 1. The van der Waals surface area contributed by atoms with E-state index in [0.717, 1.165) is 31.4 Å². The van der Waals surface area contributed by atoms with Crippen molar-refractivity contribution in [2.45, 2.75) is 53.0 Å². The minimum atomic E-state index is -0.975. The molecule has 1 unspecified atom stereocenters. The summed E-state index contributed by atoms with van der Waals surface area (Å²) in [5.74, 6) is -1.04. The summed E-state index contributed by atoms with van der Waals surface area (Å²) in [6, 6.07) is -0.322. The highest BCUT2D eigenvalue weighted by Crippen LogP contribution is 2.32. The molecule has 2 N–H and O–H groups in total. The van der Waals surface area contributed by atoms with E-state index >= 15 is 0 Å². The van der Waals surface area contributed by atoms with Gasteiger partial charge in [-0.1, -0.05) is 20.3 Å². The van der Waals surface area contributed by atoms with Gasteiger partial charge in [0.25, 0.3) is 0 Å². The smallest absolute Gasteiger partial charge is 0.348 e. The second kappa shape index (κ2) is 10.6. The number of hydrogen-bond acceptors (Lipinski definition) is 4. The number of halogens is 1. The topological polar surface area (TPSA) is 69.6 Å². The van der Waals surface area contributed by atoms with E-state index in [9.17, 15) is 14.7 Å². The van der Waals surface area contributed by atoms with Crippen LogP contribution in [-0.4, -0.2) is 36.1 Å². The van der Waals surface area contributed by atoms with Gasteiger partial charge < -0.3 is 15.3 Å². The molecule has 1 atom stereocenters. The summed E-state index contributed by atoms with van der Waals surface area (Å²) >= 11 is 1.18. The zero-order valence-corrected chi connectivity index (χ0v) is 15.9. The summed E-state index contributed by atoms with van der Waals surface area (Å²) in [4.78, 5) is 26.1. The Hall–Kier alpha value is -1.11. The molecule has 1 aromatic rings. The van der Waals surface area contributed by atoms with E-state index in [2.05, 4.69) is 12.2 Å². The predicted molar refractivity (Wildman–Crippen MR) is 98.3 cm³/mol. The molecule has 0 saturated heterocycles. The van der Waals surface area contributed by atoms with Crippen LogP contribution in [-0.2, 0) is 4.79 Å². The van der Waals surface area contributed by atoms with Gasteiger partial charge in [-0.2, -0.15) is 0 Å². The number of nitrogens with zero attached hydrogens (tertiary/aromatic N) is 1. The number of carbonyl (C=O) groups excluding carboxylic acids is 1. The van der Waals surface area contributed by atoms with Gasteiger partial charge in [0.05, 0.1) is 11.7 Å². The Morgan fingerprint density at radius 3 is 2.52 bits per heavy atom. The van der Waals surface area contributed by atoms with Crippen molar-refractivity contribution < 1.29 is 14.7 Å². The van der Waals surface area contributed by atoms with Crippen LogP contribution in [0.15, 0.2) is 5.38 Å². The number of thiophene rings is 1. The van der Waals surface area contributed by atoms with Crippen LogP contribution in [0.4, 0.5) is 5.69 Å². The number of unbranched alkanes of at least 4 members (excludes halogenated alkanes) is 1. The van der Waals surface area contributed by atoms with E-state index in [0.29, 0.717) is 12.2 Å². The molecule has 0 fully saturated rings. The average molecular weight is 363 g/mol. The fourth-order valence-corrected chi connectivity index (χ4v) is 3.15. The molecular weight excluding hydrogens is 336 g/mol. The van der Waals surface area contributed by atoms with Gasteiger partial charge in [-0.3, -0.25) is 4.79 Å². The lowest BCUT2D eigenvalue weighted by molar-refractivity contribution is -0.120. The lowest BCUT2D eigenvalue weighted by atomic mass is 10.1. The highest BCUT2D eigenvalue weighted by Gasteiger charge is 2.27. The zero-order valence-electron chi connectivity index (χ0n) is 14.2. The fourth-order valence-electron chi connectivity index (χ4n) is 2.26. The molecule has 0 saturated carbocycles. The fraction of sp³-hybridized carbons (Fsp3) is 0.625. The van der Waals surface area contributed by atoms with Crippen LogP contribution in [0.3, 0.4) is 0 Å². The van der Waals surface area contributed by atoms with Crippen LogP contribution >= 0.6 is 23.7 Å². The van der Waals surface area contributed by atoms with Gasteiger partial charge in [0, 0.05) is 6.54 Å². The molecule has 0 aliphatic heterocycles. The number of rotatable bonds is 9. The van der Waals surface area contributed by atoms with Gasteiger partial charge in [-0.15, -0.1) is 23.7 Å². The maximum Gasteiger partial charge on any atom is 0.348 e. The average Bonchev–Trinajstić information content (AvgIpc) is 2.87. The van der Waals surface area contributed by atoms with Gasteiger partial charge in [-0.25, -0.2) is 4.79 Å². The number of carbonyl (C=O) groups is 2. The molecule has 0 spiro atoms. The first-order chi connectivity index (χ1) is 10.4. The molecule has 1 rings (SSSR count). The monoisotopic (exact) mass is 362 g/mol. The summed E-state index contributed by atoms with van der Waals surface area (Å²) in [6.45, 7) is 9.10. The molecule has 5 nitrogen and oxygen atoms in total. The molecule has 0 aliphatic carbocycles. The zero-order chi connectivity index (χ0) is 16.7. The van der Waals surface area contributed by atoms with Crippen molar-refractivity contribution in [1.29, 1.82) is 0 Å². The van der Waals surface area contributed by atoms with Gasteiger partial charge in [0.1, 0.15) is 4.88 Å². The van der Waals surface area contributed by atoms with Gasteiger partial charge >= 0.3 is 5.97 Å². The third-order valence-corrected chi connectivity index (χ3v) is 4.55. The quantitative estimate of drug-likeness (QED) is 0.702. The summed E-state index contributed by atoms with van der Waals surface area (Å²) in [5.41, 5.74) is 1.40. The Labute approximate surface area is 148 Å². The van der Waals surface area contributed by atoms with Crippen LogP contribution in [0.5, 0.6) is 0 Å². The summed E-state index contributed by atoms with van der Waals surface area (Å²) in [7, 11) is 0. The first-order valence-corrected chi connectivity index (χ1v) is 8.68. The SMILES string of the molecule is CCCCN(C(=O)C(C)NCCC)c1c(C)csc1C(=O)O.Cl. The molecule has 7 heteroatoms. The van der Waals surface area contributed by atoms with Crippen LogP contribution in [0, 0.1) is 6.92 Å². The summed E-state index contributed by atoms with van der Waals surface area (Å²) < 4.78 is 0. The van der Waals surface area contributed by atoms with E-state index in [1.807, 2.05) is 20.8 Å². The third-order valence-electron chi connectivity index (χ3n) is 3.48. The largest absolute Gasteiger partial charge is 0.477 e. The molecule has 0 aromatic carbocycles. The minimum Gasteiger partial charge on any atom is -0.477 e. The number of anilines is 1. The minimum absolute atomic E-state index is 0. The van der Waals surface area contributed by atoms with E-state index in [1.165, 1.54) is 11.3 Å². The summed E-state index contributed by atoms with van der Waals surface area (Å²) in [6.07, 6.45) is 2.75. The number of aryl methyl sites for hydroxylation is 1. The molecule has 0 radical (unpaired) electrons. The Morgan fingerprint density at radius 2 is 2.00 bits per heavy atom. The van der Waals surface area contributed by atoms with Gasteiger partial charge in [0.15, 0.2) is 0 Å². The first kappa shape index (κ1) is 21.9. The Balaban J connectivity index is 0.00000484. The second-order valence-electron chi connectivity index (χ2n) is 5.42.